The monoisotopic (exact) mass is 450 g/mol. The number of hydrazine groups is 1. The van der Waals surface area contributed by atoms with Crippen LogP contribution in [0.15, 0.2) is 52.1 Å². The van der Waals surface area contributed by atoms with Crippen molar-refractivity contribution in [2.24, 2.45) is 22.2 Å². The van der Waals surface area contributed by atoms with Crippen molar-refractivity contribution in [1.82, 2.24) is 15.5 Å². The van der Waals surface area contributed by atoms with Gasteiger partial charge in [-0.15, -0.1) is 0 Å². The van der Waals surface area contributed by atoms with Crippen molar-refractivity contribution in [1.29, 1.82) is 0 Å². The number of fused-ring (bicyclic) bond motifs is 1. The fraction of sp³-hybridized carbons (Fsp3) is 0.375. The third kappa shape index (κ3) is 3.83. The van der Waals surface area contributed by atoms with Crippen molar-refractivity contribution in [3.63, 3.8) is 0 Å². The predicted molar refractivity (Wildman–Crippen MR) is 127 cm³/mol. The molecule has 0 unspecified atom stereocenters. The summed E-state index contributed by atoms with van der Waals surface area (Å²) >= 11 is 0. The molecule has 5 N–H and O–H groups in total. The van der Waals surface area contributed by atoms with E-state index in [2.05, 4.69) is 27.8 Å². The van der Waals surface area contributed by atoms with Gasteiger partial charge in [-0.3, -0.25) is 4.79 Å². The Bertz CT molecular complexity index is 1210. The molecule has 33 heavy (non-hydrogen) atoms. The number of likely N-dealkylation sites (tertiary alicyclic amines) is 1. The standard InChI is InChI=1S/C24H28N6O3.H2/c1-24(13-32-14-24)23(31)30-9-7-15(8-10-30)16-3-2-4-17(11-16)21-19-12-18(22(27-25)28-26)5-6-20(19)29-33-21;/h2-6,11-12,15H,7-10,13-14,25-26H2,1H3,(H,27,28);1H. The van der Waals surface area contributed by atoms with E-state index in [1.165, 1.54) is 5.56 Å². The number of amidine groups is 1. The van der Waals surface area contributed by atoms with Crippen LogP contribution in [0.3, 0.4) is 0 Å². The molecule has 2 aliphatic rings. The summed E-state index contributed by atoms with van der Waals surface area (Å²) in [6.07, 6.45) is 1.87. The minimum Gasteiger partial charge on any atom is -0.379 e. The molecule has 1 amide bonds. The quantitative estimate of drug-likeness (QED) is 0.241. The molecular formula is C24H30N6O3. The van der Waals surface area contributed by atoms with E-state index in [1.807, 2.05) is 42.2 Å². The molecule has 1 aromatic heterocycles. The minimum absolute atomic E-state index is 0. The van der Waals surface area contributed by atoms with Crippen LogP contribution in [0.4, 0.5) is 0 Å². The van der Waals surface area contributed by atoms with Crippen LogP contribution in [0.2, 0.25) is 0 Å². The largest absolute Gasteiger partial charge is 0.379 e. The molecule has 2 aromatic carbocycles. The number of benzene rings is 2. The number of hydrogen-bond acceptors (Lipinski definition) is 7. The number of rotatable bonds is 4. The summed E-state index contributed by atoms with van der Waals surface area (Å²) in [5.74, 6) is 12.6. The molecule has 2 aliphatic heterocycles. The number of piperidine rings is 1. The van der Waals surface area contributed by atoms with E-state index >= 15 is 0 Å². The molecule has 0 aliphatic carbocycles. The summed E-state index contributed by atoms with van der Waals surface area (Å²) in [7, 11) is 0. The first-order valence-corrected chi connectivity index (χ1v) is 11.1. The SMILES string of the molecule is CC1(C(=O)N2CCC(c3cccc(-c4onc5ccc(/C(=N/N)NN)cc45)c3)CC2)COC1.[HH]. The maximum absolute atomic E-state index is 12.8. The number of carbonyl (C=O) groups is 1. The van der Waals surface area contributed by atoms with Gasteiger partial charge in [-0.05, 0) is 55.5 Å². The van der Waals surface area contributed by atoms with Crippen LogP contribution in [0.25, 0.3) is 22.2 Å². The molecular weight excluding hydrogens is 420 g/mol. The van der Waals surface area contributed by atoms with Crippen LogP contribution < -0.4 is 17.1 Å². The molecule has 2 fully saturated rings. The van der Waals surface area contributed by atoms with Gasteiger partial charge in [0, 0.05) is 25.6 Å². The topological polar surface area (TPSA) is 132 Å². The van der Waals surface area contributed by atoms with E-state index < -0.39 is 0 Å². The minimum atomic E-state index is -0.340. The number of amides is 1. The van der Waals surface area contributed by atoms with Gasteiger partial charge in [0.15, 0.2) is 11.6 Å². The summed E-state index contributed by atoms with van der Waals surface area (Å²) in [6.45, 7) is 4.59. The van der Waals surface area contributed by atoms with Crippen LogP contribution in [0.1, 0.15) is 38.2 Å². The van der Waals surface area contributed by atoms with Crippen LogP contribution in [-0.4, -0.2) is 48.1 Å². The second-order valence-electron chi connectivity index (χ2n) is 9.11. The molecule has 9 nitrogen and oxygen atoms in total. The highest BCUT2D eigenvalue weighted by atomic mass is 16.5. The Morgan fingerprint density at radius 2 is 2.03 bits per heavy atom. The lowest BCUT2D eigenvalue weighted by Crippen LogP contribution is -2.54. The molecule has 5 rings (SSSR count). The summed E-state index contributed by atoms with van der Waals surface area (Å²) < 4.78 is 11.0. The first-order valence-electron chi connectivity index (χ1n) is 11.1. The second-order valence-corrected chi connectivity index (χ2v) is 9.11. The van der Waals surface area contributed by atoms with Crippen molar-refractivity contribution in [2.45, 2.75) is 25.7 Å². The van der Waals surface area contributed by atoms with Gasteiger partial charge in [-0.25, -0.2) is 5.84 Å². The van der Waals surface area contributed by atoms with Gasteiger partial charge in [0.25, 0.3) is 0 Å². The number of ether oxygens (including phenoxy) is 1. The molecule has 0 bridgehead atoms. The fourth-order valence-corrected chi connectivity index (χ4v) is 4.76. The summed E-state index contributed by atoms with van der Waals surface area (Å²) in [5.41, 5.74) is 5.85. The van der Waals surface area contributed by atoms with Crippen LogP contribution >= 0.6 is 0 Å². The van der Waals surface area contributed by atoms with Crippen LogP contribution in [-0.2, 0) is 9.53 Å². The van der Waals surface area contributed by atoms with E-state index in [4.69, 9.17) is 20.9 Å². The zero-order chi connectivity index (χ0) is 23.0. The first-order chi connectivity index (χ1) is 16.0. The van der Waals surface area contributed by atoms with Gasteiger partial charge >= 0.3 is 0 Å². The van der Waals surface area contributed by atoms with Crippen molar-refractivity contribution in [3.8, 4) is 11.3 Å². The van der Waals surface area contributed by atoms with Crippen molar-refractivity contribution in [3.05, 3.63) is 53.6 Å². The van der Waals surface area contributed by atoms with Gasteiger partial charge in [0.1, 0.15) is 5.52 Å². The van der Waals surface area contributed by atoms with E-state index in [0.29, 0.717) is 30.7 Å². The Morgan fingerprint density at radius 3 is 2.70 bits per heavy atom. The van der Waals surface area contributed by atoms with Gasteiger partial charge < -0.3 is 25.4 Å². The molecule has 2 saturated heterocycles. The van der Waals surface area contributed by atoms with Gasteiger partial charge in [-0.2, -0.15) is 5.10 Å². The number of aromatic nitrogens is 1. The van der Waals surface area contributed by atoms with E-state index in [0.717, 1.165) is 48.0 Å². The fourth-order valence-electron chi connectivity index (χ4n) is 4.76. The van der Waals surface area contributed by atoms with Gasteiger partial charge in [0.05, 0.1) is 24.0 Å². The second kappa shape index (κ2) is 8.49. The number of hydrogen-bond donors (Lipinski definition) is 3. The van der Waals surface area contributed by atoms with E-state index in [-0.39, 0.29) is 12.7 Å². The third-order valence-corrected chi connectivity index (χ3v) is 6.78. The van der Waals surface area contributed by atoms with Gasteiger partial charge in [0.2, 0.25) is 5.91 Å². The molecule has 3 heterocycles. The smallest absolute Gasteiger partial charge is 0.233 e. The molecule has 9 heteroatoms. The molecule has 174 valence electrons. The molecule has 0 atom stereocenters. The van der Waals surface area contributed by atoms with Gasteiger partial charge in [-0.1, -0.05) is 23.4 Å². The number of nitrogens with zero attached hydrogens (tertiary/aromatic N) is 3. The number of hydrazone groups is 1. The Kier molecular flexibility index (Phi) is 5.51. The number of nitrogens with one attached hydrogen (secondary N) is 1. The zero-order valence-electron chi connectivity index (χ0n) is 18.6. The van der Waals surface area contributed by atoms with Crippen LogP contribution in [0, 0.1) is 5.41 Å². The number of nitrogens with two attached hydrogens (primary N) is 2. The first kappa shape index (κ1) is 21.4. The maximum Gasteiger partial charge on any atom is 0.233 e. The normalized spacial score (nSPS) is 18.8. The van der Waals surface area contributed by atoms with E-state index in [9.17, 15) is 4.79 Å². The van der Waals surface area contributed by atoms with E-state index in [1.54, 1.807) is 0 Å². The Balaban J connectivity index is 0.00000274. The van der Waals surface area contributed by atoms with Crippen molar-refractivity contribution < 1.29 is 15.5 Å². The predicted octanol–water partition coefficient (Wildman–Crippen LogP) is 2.57. The average Bonchev–Trinajstić information content (AvgIpc) is 3.26. The highest BCUT2D eigenvalue weighted by Crippen LogP contribution is 2.36. The zero-order valence-corrected chi connectivity index (χ0v) is 18.6. The van der Waals surface area contributed by atoms with Crippen LogP contribution in [0.5, 0.6) is 0 Å². The summed E-state index contributed by atoms with van der Waals surface area (Å²) in [4.78, 5) is 14.8. The highest BCUT2D eigenvalue weighted by Gasteiger charge is 2.44. The molecule has 0 saturated carbocycles. The van der Waals surface area contributed by atoms with Crippen molar-refractivity contribution >= 4 is 22.6 Å². The molecule has 0 spiro atoms. The lowest BCUT2D eigenvalue weighted by molar-refractivity contribution is -0.169. The third-order valence-electron chi connectivity index (χ3n) is 6.78. The molecule has 0 radical (unpaired) electrons. The summed E-state index contributed by atoms with van der Waals surface area (Å²) in [5, 5.41) is 8.74. The Hall–Kier alpha value is -3.43. The lowest BCUT2D eigenvalue weighted by Gasteiger charge is -2.42. The molecule has 3 aromatic rings. The maximum atomic E-state index is 12.8. The highest BCUT2D eigenvalue weighted by molar-refractivity contribution is 6.03. The Labute approximate surface area is 193 Å². The lowest BCUT2D eigenvalue weighted by atomic mass is 9.84. The average molecular weight is 451 g/mol. The van der Waals surface area contributed by atoms with Crippen molar-refractivity contribution in [2.75, 3.05) is 26.3 Å². The number of carbonyl (C=O) groups excluding carboxylic acids is 1. The summed E-state index contributed by atoms with van der Waals surface area (Å²) in [6, 6.07) is 14.0. The Morgan fingerprint density at radius 1 is 1.24 bits per heavy atom.